The van der Waals surface area contributed by atoms with Gasteiger partial charge in [0.05, 0.1) is 12.8 Å². The van der Waals surface area contributed by atoms with Gasteiger partial charge in [-0.2, -0.15) is 4.89 Å². The monoisotopic (exact) mass is 260 g/mol. The van der Waals surface area contributed by atoms with Crippen LogP contribution >= 0.6 is 0 Å². The van der Waals surface area contributed by atoms with Gasteiger partial charge < -0.3 is 5.11 Å². The van der Waals surface area contributed by atoms with E-state index in [0.717, 1.165) is 12.8 Å². The van der Waals surface area contributed by atoms with Gasteiger partial charge in [-0.05, 0) is 24.7 Å². The highest BCUT2D eigenvalue weighted by atomic mass is 17.2. The molecule has 0 atom stereocenters. The van der Waals surface area contributed by atoms with Gasteiger partial charge >= 0.3 is 11.9 Å². The van der Waals surface area contributed by atoms with Crippen LogP contribution in [0.4, 0.5) is 0 Å². The maximum absolute atomic E-state index is 11.2. The summed E-state index contributed by atoms with van der Waals surface area (Å²) < 4.78 is 0. The number of carboxylic acids is 1. The Hall–Kier alpha value is -1.10. The second-order valence-electron chi connectivity index (χ2n) is 5.33. The predicted molar refractivity (Wildman–Crippen MR) is 66.7 cm³/mol. The number of hydrogen-bond acceptors (Lipinski definition) is 4. The summed E-state index contributed by atoms with van der Waals surface area (Å²) in [5.74, 6) is -0.749. The lowest BCUT2D eigenvalue weighted by Crippen LogP contribution is -2.20. The third kappa shape index (κ3) is 10.1. The van der Waals surface area contributed by atoms with Gasteiger partial charge in [0.25, 0.3) is 0 Å². The molecule has 0 radical (unpaired) electrons. The van der Waals surface area contributed by atoms with Crippen molar-refractivity contribution in [2.75, 3.05) is 0 Å². The molecule has 0 aliphatic rings. The summed E-state index contributed by atoms with van der Waals surface area (Å²) in [5, 5.41) is 8.43. The molecule has 0 spiro atoms. The fourth-order valence-corrected chi connectivity index (χ4v) is 1.60. The molecule has 0 heterocycles. The second-order valence-corrected chi connectivity index (χ2v) is 5.33. The first-order chi connectivity index (χ1) is 8.31. The van der Waals surface area contributed by atoms with Crippen molar-refractivity contribution >= 4 is 11.9 Å². The van der Waals surface area contributed by atoms with E-state index in [1.54, 1.807) is 0 Å². The van der Waals surface area contributed by atoms with Gasteiger partial charge in [0.15, 0.2) is 0 Å². The summed E-state index contributed by atoms with van der Waals surface area (Å²) in [6.45, 7) is 8.29. The smallest absolute Gasteiger partial charge is 0.342 e. The molecule has 0 aliphatic carbocycles. The van der Waals surface area contributed by atoms with Gasteiger partial charge in [-0.1, -0.05) is 27.7 Å². The summed E-state index contributed by atoms with van der Waals surface area (Å²) in [5.41, 5.74) is 0. The van der Waals surface area contributed by atoms with Gasteiger partial charge in [0.2, 0.25) is 0 Å². The van der Waals surface area contributed by atoms with Crippen molar-refractivity contribution in [3.8, 4) is 0 Å². The maximum Gasteiger partial charge on any atom is 0.342 e. The van der Waals surface area contributed by atoms with E-state index in [-0.39, 0.29) is 18.9 Å². The maximum atomic E-state index is 11.2. The molecule has 0 saturated carbocycles. The van der Waals surface area contributed by atoms with Crippen molar-refractivity contribution < 1.29 is 24.5 Å². The third-order valence-electron chi connectivity index (χ3n) is 2.29. The Morgan fingerprint density at radius 2 is 1.50 bits per heavy atom. The Labute approximate surface area is 108 Å². The van der Waals surface area contributed by atoms with Crippen LogP contribution in [0, 0.1) is 11.8 Å². The van der Waals surface area contributed by atoms with E-state index in [1.807, 2.05) is 0 Å². The highest BCUT2D eigenvalue weighted by Gasteiger charge is 2.17. The number of aliphatic carboxylic acids is 1. The zero-order chi connectivity index (χ0) is 14.1. The van der Waals surface area contributed by atoms with E-state index in [9.17, 15) is 9.59 Å². The molecular weight excluding hydrogens is 236 g/mol. The van der Waals surface area contributed by atoms with Crippen LogP contribution in [0.15, 0.2) is 0 Å². The van der Waals surface area contributed by atoms with Crippen LogP contribution in [0.2, 0.25) is 0 Å². The minimum atomic E-state index is -1.02. The van der Waals surface area contributed by atoms with Crippen molar-refractivity contribution in [3.63, 3.8) is 0 Å². The summed E-state index contributed by atoms with van der Waals surface area (Å²) >= 11 is 0. The largest absolute Gasteiger partial charge is 0.481 e. The molecule has 106 valence electrons. The van der Waals surface area contributed by atoms with Crippen LogP contribution in [0.5, 0.6) is 0 Å². The number of rotatable bonds is 9. The molecule has 0 aliphatic heterocycles. The van der Waals surface area contributed by atoms with Gasteiger partial charge in [-0.25, -0.2) is 4.79 Å². The molecule has 5 heteroatoms. The Morgan fingerprint density at radius 3 is 1.89 bits per heavy atom. The van der Waals surface area contributed by atoms with Crippen molar-refractivity contribution in [2.24, 2.45) is 11.8 Å². The summed E-state index contributed by atoms with van der Waals surface area (Å²) in [7, 11) is 0. The molecule has 0 bridgehead atoms. The molecule has 0 aromatic rings. The van der Waals surface area contributed by atoms with Crippen molar-refractivity contribution in [1.29, 1.82) is 0 Å². The zero-order valence-electron chi connectivity index (χ0n) is 11.6. The summed E-state index contributed by atoms with van der Waals surface area (Å²) in [6.07, 6.45) is 1.10. The van der Waals surface area contributed by atoms with Crippen LogP contribution in [-0.2, 0) is 19.4 Å². The van der Waals surface area contributed by atoms with E-state index >= 15 is 0 Å². The Morgan fingerprint density at radius 1 is 1.00 bits per heavy atom. The normalized spacial score (nSPS) is 11.3. The van der Waals surface area contributed by atoms with Crippen LogP contribution in [0.1, 0.15) is 53.4 Å². The summed E-state index contributed by atoms with van der Waals surface area (Å²) in [4.78, 5) is 31.3. The Balaban J connectivity index is 4.00. The average molecular weight is 260 g/mol. The molecule has 18 heavy (non-hydrogen) atoms. The number of hydrogen-bond donors (Lipinski definition) is 1. The molecule has 0 aromatic carbocycles. The Kier molecular flexibility index (Phi) is 8.37. The van der Waals surface area contributed by atoms with Crippen molar-refractivity contribution in [2.45, 2.75) is 59.5 Å². The van der Waals surface area contributed by atoms with Crippen LogP contribution in [-0.4, -0.2) is 23.1 Å². The van der Waals surface area contributed by atoms with Crippen LogP contribution < -0.4 is 0 Å². The van der Waals surface area contributed by atoms with Crippen molar-refractivity contribution in [3.05, 3.63) is 0 Å². The molecular formula is C13H24O5. The predicted octanol–water partition coefficient (Wildman–Crippen LogP) is 2.79. The minimum Gasteiger partial charge on any atom is -0.481 e. The minimum absolute atomic E-state index is 0.126. The molecule has 0 rings (SSSR count). The number of carbonyl (C=O) groups is 2. The lowest BCUT2D eigenvalue weighted by Gasteiger charge is -2.19. The molecule has 0 saturated heterocycles. The highest BCUT2D eigenvalue weighted by molar-refractivity contribution is 5.76. The first-order valence-corrected chi connectivity index (χ1v) is 6.39. The number of carboxylic acid groups (broad SMARTS) is 1. The third-order valence-corrected chi connectivity index (χ3v) is 2.29. The van der Waals surface area contributed by atoms with Gasteiger partial charge in [0, 0.05) is 0 Å². The molecule has 0 fully saturated rings. The van der Waals surface area contributed by atoms with Gasteiger partial charge in [-0.3, -0.25) is 9.68 Å². The Bertz CT molecular complexity index is 250. The van der Waals surface area contributed by atoms with E-state index < -0.39 is 11.9 Å². The first kappa shape index (κ1) is 16.9. The molecule has 0 unspecified atom stereocenters. The van der Waals surface area contributed by atoms with E-state index in [0.29, 0.717) is 11.8 Å². The second kappa shape index (κ2) is 8.91. The standard InChI is InChI=1S/C13H24O5/c1-9(2)7-11(8-10(3)4)17-18-13(16)6-5-12(14)15/h9-11H,5-8H2,1-4H3,(H,14,15). The lowest BCUT2D eigenvalue weighted by atomic mass is 9.98. The number of carbonyl (C=O) groups excluding carboxylic acids is 1. The van der Waals surface area contributed by atoms with Gasteiger partial charge in [-0.15, -0.1) is 0 Å². The molecule has 0 amide bonds. The molecule has 5 nitrogen and oxygen atoms in total. The summed E-state index contributed by atoms with van der Waals surface area (Å²) in [6, 6.07) is 0. The zero-order valence-corrected chi connectivity index (χ0v) is 11.6. The van der Waals surface area contributed by atoms with E-state index in [2.05, 4.69) is 32.6 Å². The van der Waals surface area contributed by atoms with Crippen LogP contribution in [0.3, 0.4) is 0 Å². The molecule has 1 N–H and O–H groups in total. The molecule has 0 aromatic heterocycles. The average Bonchev–Trinajstić information content (AvgIpc) is 2.21. The SMILES string of the molecule is CC(C)CC(CC(C)C)OOC(=O)CCC(=O)O. The first-order valence-electron chi connectivity index (χ1n) is 6.39. The fraction of sp³-hybridized carbons (Fsp3) is 0.846. The van der Waals surface area contributed by atoms with E-state index in [1.165, 1.54) is 0 Å². The topological polar surface area (TPSA) is 72.8 Å². The van der Waals surface area contributed by atoms with E-state index in [4.69, 9.17) is 9.99 Å². The van der Waals surface area contributed by atoms with Gasteiger partial charge in [0.1, 0.15) is 6.10 Å². The van der Waals surface area contributed by atoms with Crippen molar-refractivity contribution in [1.82, 2.24) is 0 Å². The fourth-order valence-electron chi connectivity index (χ4n) is 1.60. The lowest BCUT2D eigenvalue weighted by molar-refractivity contribution is -0.302. The highest BCUT2D eigenvalue weighted by Crippen LogP contribution is 2.17. The quantitative estimate of drug-likeness (QED) is 0.509. The van der Waals surface area contributed by atoms with Crippen LogP contribution in [0.25, 0.3) is 0 Å².